The van der Waals surface area contributed by atoms with Gasteiger partial charge in [0, 0.05) is 11.3 Å². The minimum atomic E-state index is -0.0559. The Kier molecular flexibility index (Phi) is 4.01. The van der Waals surface area contributed by atoms with Crippen molar-refractivity contribution in [2.24, 2.45) is 21.7 Å². The number of para-hydroxylation sites is 1. The molecule has 0 saturated heterocycles. The average Bonchev–Trinajstić information content (AvgIpc) is 2.94. The van der Waals surface area contributed by atoms with E-state index in [1.807, 2.05) is 25.1 Å². The van der Waals surface area contributed by atoms with Gasteiger partial charge in [-0.2, -0.15) is 10.2 Å². The molecule has 3 rings (SSSR count). The minimum absolute atomic E-state index is 0.0559. The van der Waals surface area contributed by atoms with Gasteiger partial charge in [-0.25, -0.2) is 0 Å². The summed E-state index contributed by atoms with van der Waals surface area (Å²) in [6.07, 6.45) is 1.55. The standard InChI is InChI=1S/C16H20N6O/c1-9-15-12(20-19-9)7-10(8-13(15)21-22-16(17)18)11-5-3-4-6-14(11)23-2/h3-6,10H,7-8H2,1-2H3,(H,19,20)(H4,17,18,22). The molecule has 1 atom stereocenters. The van der Waals surface area contributed by atoms with Gasteiger partial charge in [0.1, 0.15) is 5.75 Å². The maximum Gasteiger partial charge on any atom is 0.211 e. The Bertz CT molecular complexity index is 773. The quantitative estimate of drug-likeness (QED) is 0.452. The van der Waals surface area contributed by atoms with E-state index in [4.69, 9.17) is 16.2 Å². The van der Waals surface area contributed by atoms with Crippen LogP contribution in [0.3, 0.4) is 0 Å². The van der Waals surface area contributed by atoms with Crippen LogP contribution in [0.5, 0.6) is 5.75 Å². The summed E-state index contributed by atoms with van der Waals surface area (Å²) >= 11 is 0. The Balaban J connectivity index is 2.04. The van der Waals surface area contributed by atoms with Crippen LogP contribution in [0.25, 0.3) is 0 Å². The first-order valence-corrected chi connectivity index (χ1v) is 7.42. The van der Waals surface area contributed by atoms with Crippen LogP contribution in [0.1, 0.15) is 34.9 Å². The number of fused-ring (bicyclic) bond motifs is 1. The predicted octanol–water partition coefficient (Wildman–Crippen LogP) is 1.43. The van der Waals surface area contributed by atoms with E-state index < -0.39 is 0 Å². The van der Waals surface area contributed by atoms with Gasteiger partial charge in [-0.15, -0.1) is 5.10 Å². The molecule has 1 heterocycles. The molecule has 1 aromatic carbocycles. The van der Waals surface area contributed by atoms with E-state index in [2.05, 4.69) is 26.5 Å². The fraction of sp³-hybridized carbons (Fsp3) is 0.312. The molecule has 1 aromatic heterocycles. The first kappa shape index (κ1) is 15.1. The lowest BCUT2D eigenvalue weighted by Crippen LogP contribution is -2.23. The molecule has 0 saturated carbocycles. The highest BCUT2D eigenvalue weighted by atomic mass is 16.5. The molecule has 1 unspecified atom stereocenters. The largest absolute Gasteiger partial charge is 0.496 e. The van der Waals surface area contributed by atoms with E-state index in [9.17, 15) is 0 Å². The van der Waals surface area contributed by atoms with Crippen LogP contribution in [-0.2, 0) is 6.42 Å². The minimum Gasteiger partial charge on any atom is -0.496 e. The molecule has 2 aromatic rings. The van der Waals surface area contributed by atoms with E-state index in [0.29, 0.717) is 0 Å². The maximum absolute atomic E-state index is 5.49. The molecule has 0 bridgehead atoms. The number of ether oxygens (including phenoxy) is 1. The number of guanidine groups is 1. The van der Waals surface area contributed by atoms with Crippen molar-refractivity contribution in [3.05, 3.63) is 46.8 Å². The zero-order valence-electron chi connectivity index (χ0n) is 13.2. The van der Waals surface area contributed by atoms with Crippen LogP contribution in [0, 0.1) is 6.92 Å². The third-order valence-electron chi connectivity index (χ3n) is 4.06. The first-order valence-electron chi connectivity index (χ1n) is 7.42. The third-order valence-corrected chi connectivity index (χ3v) is 4.06. The molecule has 7 nitrogen and oxygen atoms in total. The SMILES string of the molecule is COc1ccccc1C1CC(=NN=C(N)N)c2c(n[nH]c2C)C1. The molecule has 1 aliphatic carbocycles. The number of hydrogen-bond acceptors (Lipinski definition) is 4. The van der Waals surface area contributed by atoms with E-state index in [1.54, 1.807) is 7.11 Å². The summed E-state index contributed by atoms with van der Waals surface area (Å²) in [4.78, 5) is 0. The summed E-state index contributed by atoms with van der Waals surface area (Å²) in [7, 11) is 1.68. The van der Waals surface area contributed by atoms with Gasteiger partial charge < -0.3 is 16.2 Å². The Morgan fingerprint density at radius 3 is 2.83 bits per heavy atom. The topological polar surface area (TPSA) is 115 Å². The lowest BCUT2D eigenvalue weighted by molar-refractivity contribution is 0.405. The number of nitrogens with zero attached hydrogens (tertiary/aromatic N) is 3. The predicted molar refractivity (Wildman–Crippen MR) is 89.7 cm³/mol. The van der Waals surface area contributed by atoms with Gasteiger partial charge in [0.05, 0.1) is 18.5 Å². The van der Waals surface area contributed by atoms with Gasteiger partial charge >= 0.3 is 0 Å². The summed E-state index contributed by atoms with van der Waals surface area (Å²) in [5.74, 6) is 1.03. The number of methoxy groups -OCH3 is 1. The molecule has 0 fully saturated rings. The lowest BCUT2D eigenvalue weighted by atomic mass is 9.81. The van der Waals surface area contributed by atoms with Gasteiger partial charge in [0.25, 0.3) is 0 Å². The molecule has 7 heteroatoms. The zero-order valence-corrected chi connectivity index (χ0v) is 13.2. The van der Waals surface area contributed by atoms with Crippen molar-refractivity contribution in [1.82, 2.24) is 10.2 Å². The monoisotopic (exact) mass is 312 g/mol. The number of aromatic nitrogens is 2. The van der Waals surface area contributed by atoms with Gasteiger partial charge in [-0.1, -0.05) is 18.2 Å². The highest BCUT2D eigenvalue weighted by molar-refractivity contribution is 6.04. The van der Waals surface area contributed by atoms with Gasteiger partial charge in [0.2, 0.25) is 5.96 Å². The molecule has 23 heavy (non-hydrogen) atoms. The third kappa shape index (κ3) is 2.90. The molecule has 0 spiro atoms. The van der Waals surface area contributed by atoms with E-state index in [1.165, 1.54) is 0 Å². The summed E-state index contributed by atoms with van der Waals surface area (Å²) in [6, 6.07) is 8.01. The average molecular weight is 312 g/mol. The normalized spacial score (nSPS) is 18.5. The Morgan fingerprint density at radius 1 is 1.30 bits per heavy atom. The van der Waals surface area contributed by atoms with Crippen LogP contribution in [0.15, 0.2) is 34.5 Å². The Hall–Kier alpha value is -2.83. The summed E-state index contributed by atoms with van der Waals surface area (Å²) in [5, 5.41) is 15.5. The molecule has 0 radical (unpaired) electrons. The second kappa shape index (κ2) is 6.12. The molecule has 0 aliphatic heterocycles. The van der Waals surface area contributed by atoms with Crippen molar-refractivity contribution in [3.8, 4) is 5.75 Å². The Labute approximate surface area is 134 Å². The second-order valence-corrected chi connectivity index (χ2v) is 5.59. The highest BCUT2D eigenvalue weighted by Gasteiger charge is 2.30. The Morgan fingerprint density at radius 2 is 2.09 bits per heavy atom. The van der Waals surface area contributed by atoms with Crippen LogP contribution in [0.4, 0.5) is 0 Å². The smallest absolute Gasteiger partial charge is 0.211 e. The van der Waals surface area contributed by atoms with Crippen molar-refractivity contribution < 1.29 is 4.74 Å². The van der Waals surface area contributed by atoms with Gasteiger partial charge in [-0.3, -0.25) is 5.10 Å². The highest BCUT2D eigenvalue weighted by Crippen LogP contribution is 2.37. The van der Waals surface area contributed by atoms with E-state index in [0.717, 1.165) is 46.8 Å². The number of nitrogens with two attached hydrogens (primary N) is 2. The van der Waals surface area contributed by atoms with Crippen molar-refractivity contribution in [3.63, 3.8) is 0 Å². The number of H-pyrrole nitrogens is 1. The van der Waals surface area contributed by atoms with Crippen LogP contribution >= 0.6 is 0 Å². The van der Waals surface area contributed by atoms with Crippen LogP contribution in [0.2, 0.25) is 0 Å². The fourth-order valence-corrected chi connectivity index (χ4v) is 3.08. The van der Waals surface area contributed by atoms with Gasteiger partial charge in [0.15, 0.2) is 0 Å². The number of rotatable bonds is 3. The number of hydrogen-bond donors (Lipinski definition) is 3. The summed E-state index contributed by atoms with van der Waals surface area (Å²) < 4.78 is 5.49. The van der Waals surface area contributed by atoms with E-state index >= 15 is 0 Å². The van der Waals surface area contributed by atoms with Gasteiger partial charge in [-0.05, 0) is 37.3 Å². The summed E-state index contributed by atoms with van der Waals surface area (Å²) in [5.41, 5.74) is 15.8. The van der Waals surface area contributed by atoms with Crippen molar-refractivity contribution >= 4 is 11.7 Å². The molecular formula is C16H20N6O. The first-order chi connectivity index (χ1) is 11.1. The van der Waals surface area contributed by atoms with Crippen molar-refractivity contribution in [2.75, 3.05) is 7.11 Å². The number of aromatic amines is 1. The zero-order chi connectivity index (χ0) is 16.4. The lowest BCUT2D eigenvalue weighted by Gasteiger charge is -2.24. The van der Waals surface area contributed by atoms with Crippen LogP contribution in [-0.4, -0.2) is 29.0 Å². The second-order valence-electron chi connectivity index (χ2n) is 5.59. The molecule has 1 aliphatic rings. The fourth-order valence-electron chi connectivity index (χ4n) is 3.08. The van der Waals surface area contributed by atoms with Crippen molar-refractivity contribution in [2.45, 2.75) is 25.7 Å². The number of aryl methyl sites for hydroxylation is 1. The maximum atomic E-state index is 5.49. The van der Waals surface area contributed by atoms with E-state index in [-0.39, 0.29) is 11.9 Å². The number of benzene rings is 1. The molecule has 120 valence electrons. The molecule has 0 amide bonds. The van der Waals surface area contributed by atoms with Crippen LogP contribution < -0.4 is 16.2 Å². The molecule has 5 N–H and O–H groups in total. The summed E-state index contributed by atoms with van der Waals surface area (Å²) in [6.45, 7) is 1.97. The molecular weight excluding hydrogens is 292 g/mol. The number of nitrogens with one attached hydrogen (secondary N) is 1. The van der Waals surface area contributed by atoms with Crippen molar-refractivity contribution in [1.29, 1.82) is 0 Å².